The molecule has 0 unspecified atom stereocenters. The van der Waals surface area contributed by atoms with Crippen LogP contribution in [-0.4, -0.2) is 43.3 Å². The van der Waals surface area contributed by atoms with Crippen molar-refractivity contribution in [3.05, 3.63) is 96.1 Å². The minimum Gasteiger partial charge on any atom is -0.748 e. The molecule has 0 atom stereocenters. The molecule has 0 amide bonds. The van der Waals surface area contributed by atoms with Gasteiger partial charge in [0, 0.05) is 17.1 Å². The molecule has 2 fully saturated rings. The van der Waals surface area contributed by atoms with Crippen molar-refractivity contribution in [3.63, 3.8) is 0 Å². The number of hydrogen-bond acceptors (Lipinski definition) is 6. The summed E-state index contributed by atoms with van der Waals surface area (Å²) in [5, 5.41) is 1.52. The Morgan fingerprint density at radius 1 is 0.737 bits per heavy atom. The SMILES string of the molecule is COc1ccc(OC(C)(C)C)c(P(C2CCCCC2)C2CCCCC2)c1-c1c(C(C)C)cccc1C(C)C.CS(=O)(=O)[O-].Nc1ccccc1-c1[c-]cccc1.[Pd+2]. The average molecular weight is 907 g/mol. The van der Waals surface area contributed by atoms with Gasteiger partial charge >= 0.3 is 20.4 Å². The summed E-state index contributed by atoms with van der Waals surface area (Å²) in [6.07, 6.45) is 14.4. The van der Waals surface area contributed by atoms with Crippen molar-refractivity contribution in [2.24, 2.45) is 0 Å². The van der Waals surface area contributed by atoms with Gasteiger partial charge in [0.2, 0.25) is 0 Å². The normalized spacial score (nSPS) is 15.2. The number of benzene rings is 4. The van der Waals surface area contributed by atoms with E-state index in [9.17, 15) is 0 Å². The molecule has 9 heteroatoms. The van der Waals surface area contributed by atoms with Crippen LogP contribution in [0.3, 0.4) is 0 Å². The first-order valence-electron chi connectivity index (χ1n) is 20.5. The van der Waals surface area contributed by atoms with E-state index in [1.807, 2.05) is 55.6 Å². The van der Waals surface area contributed by atoms with Crippen molar-refractivity contribution in [3.8, 4) is 33.8 Å². The molecule has 0 aromatic heterocycles. The van der Waals surface area contributed by atoms with Crippen LogP contribution in [-0.2, 0) is 30.5 Å². The second-order valence-corrected chi connectivity index (χ2v) is 21.0. The number of nitrogens with two attached hydrogens (primary N) is 1. The Morgan fingerprint density at radius 3 is 1.67 bits per heavy atom. The molecular weight excluding hydrogens is 840 g/mol. The Bertz CT molecular complexity index is 1880. The maximum Gasteiger partial charge on any atom is 2.00 e. The average Bonchev–Trinajstić information content (AvgIpc) is 3.15. The Balaban J connectivity index is 0.000000377. The van der Waals surface area contributed by atoms with Crippen LogP contribution in [0.25, 0.3) is 22.3 Å². The van der Waals surface area contributed by atoms with Crippen LogP contribution in [0.15, 0.2) is 78.9 Å². The Morgan fingerprint density at radius 2 is 1.23 bits per heavy atom. The van der Waals surface area contributed by atoms with Gasteiger partial charge in [0.25, 0.3) is 0 Å². The first-order chi connectivity index (χ1) is 26.5. The van der Waals surface area contributed by atoms with Crippen molar-refractivity contribution in [2.75, 3.05) is 19.1 Å². The molecular formula is C48H66NO5PPdS. The number of nitrogen functional groups attached to an aromatic ring is 1. The van der Waals surface area contributed by atoms with Crippen LogP contribution in [0, 0.1) is 6.07 Å². The molecule has 0 heterocycles. The number of hydrogen-bond donors (Lipinski definition) is 1. The van der Waals surface area contributed by atoms with Crippen molar-refractivity contribution >= 4 is 29.0 Å². The van der Waals surface area contributed by atoms with Gasteiger partial charge in [0.05, 0.1) is 17.2 Å². The largest absolute Gasteiger partial charge is 2.00 e. The summed E-state index contributed by atoms with van der Waals surface area (Å²) < 4.78 is 40.4. The first kappa shape index (κ1) is 48.6. The topological polar surface area (TPSA) is 102 Å². The third-order valence-corrected chi connectivity index (χ3v) is 14.1. The number of rotatable bonds is 9. The Labute approximate surface area is 360 Å². The fourth-order valence-corrected chi connectivity index (χ4v) is 12.2. The standard InChI is InChI=1S/C35H53O2P.C12H10N.CH4O3S.Pd/c1-24(2)28-20-15-21-29(25(3)4)32(28)33-30(36-8)22-23-31(37-35(5,6)7)34(33)38(26-16-11-9-12-17-26)27-18-13-10-14-19-27;13-12-9-5-4-8-11(12)10-6-2-1-3-7-10;1-5(2,3)4;/h15,20-27H,9-14,16-19H2,1-8H3;1-6,8-9H,13H2;1H3,(H,2,3,4);/q;-1;;+2/p-1. The molecule has 2 aliphatic rings. The fraction of sp³-hybridized carbons (Fsp3) is 0.500. The summed E-state index contributed by atoms with van der Waals surface area (Å²) in [6.45, 7) is 16.0. The van der Waals surface area contributed by atoms with E-state index in [2.05, 4.69) is 84.9 Å². The summed E-state index contributed by atoms with van der Waals surface area (Å²) in [4.78, 5) is 0. The molecule has 4 aromatic rings. The second-order valence-electron chi connectivity index (χ2n) is 16.9. The van der Waals surface area contributed by atoms with Gasteiger partial charge in [-0.05, 0) is 110 Å². The van der Waals surface area contributed by atoms with Gasteiger partial charge in [0.1, 0.15) is 17.1 Å². The van der Waals surface area contributed by atoms with Gasteiger partial charge in [0.15, 0.2) is 0 Å². The third-order valence-electron chi connectivity index (χ3n) is 10.5. The Hall–Kier alpha value is -2.72. The number of para-hydroxylation sites is 1. The minimum atomic E-state index is -3.92. The van der Waals surface area contributed by atoms with Gasteiger partial charge in [-0.15, -0.1) is 35.9 Å². The van der Waals surface area contributed by atoms with Gasteiger partial charge < -0.3 is 19.8 Å². The zero-order valence-corrected chi connectivity index (χ0v) is 38.9. The van der Waals surface area contributed by atoms with E-state index in [-0.39, 0.29) is 26.0 Å². The van der Waals surface area contributed by atoms with Crippen LogP contribution < -0.4 is 20.5 Å². The summed E-state index contributed by atoms with van der Waals surface area (Å²) >= 11 is 0. The summed E-state index contributed by atoms with van der Waals surface area (Å²) in [6, 6.07) is 30.2. The van der Waals surface area contributed by atoms with E-state index in [1.165, 1.54) is 91.8 Å². The molecule has 0 aliphatic heterocycles. The summed E-state index contributed by atoms with van der Waals surface area (Å²) in [7, 11) is -2.45. The quantitative estimate of drug-likeness (QED) is 0.0590. The van der Waals surface area contributed by atoms with Crippen molar-refractivity contribution < 1.29 is 42.9 Å². The molecule has 2 aliphatic carbocycles. The van der Waals surface area contributed by atoms with Crippen LogP contribution in [0.1, 0.15) is 136 Å². The molecule has 2 N–H and O–H groups in total. The van der Waals surface area contributed by atoms with E-state index in [0.29, 0.717) is 18.1 Å². The molecule has 6 nitrogen and oxygen atoms in total. The van der Waals surface area contributed by atoms with E-state index < -0.39 is 18.0 Å². The molecule has 57 heavy (non-hydrogen) atoms. The van der Waals surface area contributed by atoms with E-state index in [1.54, 1.807) is 0 Å². The van der Waals surface area contributed by atoms with Crippen LogP contribution in [0.2, 0.25) is 0 Å². The molecule has 0 spiro atoms. The molecule has 0 bridgehead atoms. The van der Waals surface area contributed by atoms with Crippen LogP contribution in [0.5, 0.6) is 11.5 Å². The second kappa shape index (κ2) is 22.6. The van der Waals surface area contributed by atoms with Crippen LogP contribution >= 0.6 is 7.92 Å². The monoisotopic (exact) mass is 905 g/mol. The zero-order chi connectivity index (χ0) is 41.0. The predicted molar refractivity (Wildman–Crippen MR) is 238 cm³/mol. The smallest absolute Gasteiger partial charge is 0.748 e. The minimum absolute atomic E-state index is 0. The fourth-order valence-electron chi connectivity index (χ4n) is 8.16. The van der Waals surface area contributed by atoms with Crippen molar-refractivity contribution in [1.82, 2.24) is 0 Å². The van der Waals surface area contributed by atoms with Gasteiger partial charge in [-0.25, -0.2) is 8.42 Å². The summed E-state index contributed by atoms with van der Waals surface area (Å²) in [5.74, 6) is 3.01. The van der Waals surface area contributed by atoms with E-state index >= 15 is 0 Å². The van der Waals surface area contributed by atoms with Gasteiger partial charge in [-0.2, -0.15) is 0 Å². The molecule has 0 radical (unpaired) electrons. The van der Waals surface area contributed by atoms with Gasteiger partial charge in [-0.3, -0.25) is 0 Å². The van der Waals surface area contributed by atoms with E-state index in [4.69, 9.17) is 28.2 Å². The van der Waals surface area contributed by atoms with Crippen molar-refractivity contribution in [1.29, 1.82) is 0 Å². The molecule has 0 saturated heterocycles. The van der Waals surface area contributed by atoms with Gasteiger partial charge in [-0.1, -0.05) is 116 Å². The molecule has 2 saturated carbocycles. The zero-order valence-electron chi connectivity index (χ0n) is 35.7. The molecule has 6 rings (SSSR count). The maximum absolute atomic E-state index is 9.08. The first-order valence-corrected chi connectivity index (χ1v) is 23.8. The number of methoxy groups -OCH3 is 1. The maximum atomic E-state index is 9.08. The van der Waals surface area contributed by atoms with Crippen LogP contribution in [0.4, 0.5) is 5.69 Å². The van der Waals surface area contributed by atoms with E-state index in [0.717, 1.165) is 39.6 Å². The Kier molecular flexibility index (Phi) is 19.3. The number of anilines is 1. The van der Waals surface area contributed by atoms with Crippen molar-refractivity contribution in [2.45, 2.75) is 141 Å². The summed E-state index contributed by atoms with van der Waals surface area (Å²) in [5.41, 5.74) is 15.7. The predicted octanol–water partition coefficient (Wildman–Crippen LogP) is 12.5. The molecule has 314 valence electrons. The third kappa shape index (κ3) is 14.5. The number of ether oxygens (including phenoxy) is 2. The molecule has 4 aromatic carbocycles.